The largest absolute Gasteiger partial charge is 0.497 e. The molecule has 0 amide bonds. The van der Waals surface area contributed by atoms with Gasteiger partial charge in [0.15, 0.2) is 23.9 Å². The molecule has 0 bridgehead atoms. The number of carbonyl (C=O) groups is 2. The van der Waals surface area contributed by atoms with Crippen LogP contribution < -0.4 is 14.2 Å². The van der Waals surface area contributed by atoms with E-state index in [2.05, 4.69) is 5.16 Å². The minimum Gasteiger partial charge on any atom is -0.497 e. The Balaban J connectivity index is 1.57. The molecule has 1 aromatic heterocycles. The summed E-state index contributed by atoms with van der Waals surface area (Å²) in [5.41, 5.74) is 2.76. The number of ether oxygens (including phenoxy) is 4. The normalized spacial score (nSPS) is 10.8. The maximum Gasteiger partial charge on any atom is 0.331 e. The van der Waals surface area contributed by atoms with Crippen LogP contribution in [0.1, 0.15) is 32.9 Å². The Kier molecular flexibility index (Phi) is 7.86. The van der Waals surface area contributed by atoms with Crippen molar-refractivity contribution in [2.45, 2.75) is 20.5 Å². The summed E-state index contributed by atoms with van der Waals surface area (Å²) in [5.74, 6) is 1.35. The van der Waals surface area contributed by atoms with Crippen LogP contribution >= 0.6 is 0 Å². The van der Waals surface area contributed by atoms with E-state index >= 15 is 0 Å². The van der Waals surface area contributed by atoms with Crippen LogP contribution in [0.15, 0.2) is 53.1 Å². The van der Waals surface area contributed by atoms with Gasteiger partial charge in [0, 0.05) is 11.6 Å². The van der Waals surface area contributed by atoms with Gasteiger partial charge >= 0.3 is 5.97 Å². The summed E-state index contributed by atoms with van der Waals surface area (Å²) in [6.07, 6.45) is 2.82. The first-order valence-corrected chi connectivity index (χ1v) is 10.2. The van der Waals surface area contributed by atoms with Crippen LogP contribution in [0.5, 0.6) is 17.2 Å². The quantitative estimate of drug-likeness (QED) is 0.255. The number of esters is 1. The average molecular weight is 451 g/mol. The second kappa shape index (κ2) is 11.0. The number of nitrogens with zero attached hydrogens (tertiary/aromatic N) is 1. The average Bonchev–Trinajstić information content (AvgIpc) is 3.16. The summed E-state index contributed by atoms with van der Waals surface area (Å²) in [4.78, 5) is 24.2. The molecule has 0 fully saturated rings. The van der Waals surface area contributed by atoms with Crippen molar-refractivity contribution in [1.82, 2.24) is 5.16 Å². The summed E-state index contributed by atoms with van der Waals surface area (Å²) in [5, 5.41) is 3.91. The summed E-state index contributed by atoms with van der Waals surface area (Å²) in [6, 6.07) is 11.9. The standard InChI is InChI=1S/C25H25NO7/c1-16-21(17(2)33-26-16)14-31-23-10-8-18(12-24(23)30-4)9-11-25(28)32-15-22(27)19-6-5-7-20(13-19)29-3/h5-13H,14-15H2,1-4H3/b11-9+. The first-order chi connectivity index (χ1) is 15.9. The number of carbonyl (C=O) groups excluding carboxylic acids is 2. The molecule has 0 radical (unpaired) electrons. The van der Waals surface area contributed by atoms with E-state index in [-0.39, 0.29) is 12.4 Å². The van der Waals surface area contributed by atoms with Gasteiger partial charge in [-0.1, -0.05) is 23.4 Å². The van der Waals surface area contributed by atoms with Crippen LogP contribution in [-0.2, 0) is 16.1 Å². The molecule has 3 aromatic rings. The van der Waals surface area contributed by atoms with Gasteiger partial charge in [-0.2, -0.15) is 0 Å². The maximum atomic E-state index is 12.2. The fourth-order valence-corrected chi connectivity index (χ4v) is 2.99. The van der Waals surface area contributed by atoms with Gasteiger partial charge in [0.05, 0.1) is 25.5 Å². The molecule has 0 aliphatic heterocycles. The lowest BCUT2D eigenvalue weighted by Gasteiger charge is -2.11. The summed E-state index contributed by atoms with van der Waals surface area (Å²) in [6.45, 7) is 3.60. The van der Waals surface area contributed by atoms with Crippen LogP contribution in [0, 0.1) is 13.8 Å². The van der Waals surface area contributed by atoms with Gasteiger partial charge in [0.1, 0.15) is 18.1 Å². The molecule has 8 nitrogen and oxygen atoms in total. The third-order valence-corrected chi connectivity index (χ3v) is 4.89. The van der Waals surface area contributed by atoms with Gasteiger partial charge in [-0.15, -0.1) is 0 Å². The van der Waals surface area contributed by atoms with Crippen molar-refractivity contribution in [3.63, 3.8) is 0 Å². The molecule has 1 heterocycles. The number of hydrogen-bond acceptors (Lipinski definition) is 8. The molecule has 8 heteroatoms. The number of Topliss-reactive ketones (excluding diaryl/α,β-unsaturated/α-hetero) is 1. The highest BCUT2D eigenvalue weighted by Crippen LogP contribution is 2.30. The number of ketones is 1. The zero-order chi connectivity index (χ0) is 23.8. The molecule has 3 rings (SSSR count). The van der Waals surface area contributed by atoms with E-state index in [1.807, 2.05) is 13.8 Å². The number of benzene rings is 2. The number of rotatable bonds is 10. The van der Waals surface area contributed by atoms with Crippen LogP contribution in [0.3, 0.4) is 0 Å². The monoisotopic (exact) mass is 451 g/mol. The smallest absolute Gasteiger partial charge is 0.331 e. The molecule has 0 saturated heterocycles. The van der Waals surface area contributed by atoms with Gasteiger partial charge in [0.25, 0.3) is 0 Å². The van der Waals surface area contributed by atoms with Crippen molar-refractivity contribution in [3.8, 4) is 17.2 Å². The Hall–Kier alpha value is -4.07. The molecule has 0 unspecified atom stereocenters. The predicted octanol–water partition coefficient (Wildman–Crippen LogP) is 4.33. The number of hydrogen-bond donors (Lipinski definition) is 0. The molecule has 0 aliphatic rings. The van der Waals surface area contributed by atoms with E-state index in [0.29, 0.717) is 40.7 Å². The number of aryl methyl sites for hydroxylation is 2. The Labute approximate surface area is 191 Å². The van der Waals surface area contributed by atoms with Gasteiger partial charge < -0.3 is 23.5 Å². The summed E-state index contributed by atoms with van der Waals surface area (Å²) >= 11 is 0. The van der Waals surface area contributed by atoms with Gasteiger partial charge in [-0.05, 0) is 49.8 Å². The minimum absolute atomic E-state index is 0.292. The zero-order valence-electron chi connectivity index (χ0n) is 18.9. The molecular formula is C25H25NO7. The zero-order valence-corrected chi connectivity index (χ0v) is 18.9. The molecular weight excluding hydrogens is 426 g/mol. The minimum atomic E-state index is -0.635. The number of aromatic nitrogens is 1. The Morgan fingerprint density at radius 3 is 2.55 bits per heavy atom. The second-order valence-corrected chi connectivity index (χ2v) is 7.10. The second-order valence-electron chi connectivity index (χ2n) is 7.10. The Morgan fingerprint density at radius 2 is 1.85 bits per heavy atom. The molecule has 0 spiro atoms. The fraction of sp³-hybridized carbons (Fsp3) is 0.240. The molecule has 0 aliphatic carbocycles. The molecule has 0 saturated carbocycles. The molecule has 0 N–H and O–H groups in total. The van der Waals surface area contributed by atoms with Crippen molar-refractivity contribution in [3.05, 3.63) is 76.7 Å². The highest BCUT2D eigenvalue weighted by atomic mass is 16.5. The lowest BCUT2D eigenvalue weighted by molar-refractivity contribution is -0.136. The molecule has 0 atom stereocenters. The van der Waals surface area contributed by atoms with Crippen molar-refractivity contribution >= 4 is 17.8 Å². The molecule has 172 valence electrons. The van der Waals surface area contributed by atoms with E-state index in [1.54, 1.807) is 48.5 Å². The first kappa shape index (κ1) is 23.6. The number of methoxy groups -OCH3 is 2. The third-order valence-electron chi connectivity index (χ3n) is 4.89. The highest BCUT2D eigenvalue weighted by Gasteiger charge is 2.12. The first-order valence-electron chi connectivity index (χ1n) is 10.2. The SMILES string of the molecule is COc1cccc(C(=O)COC(=O)/C=C/c2ccc(OCc3c(C)noc3C)c(OC)c2)c1. The van der Waals surface area contributed by atoms with Crippen molar-refractivity contribution in [2.24, 2.45) is 0 Å². The van der Waals surface area contributed by atoms with Crippen LogP contribution in [-0.4, -0.2) is 37.7 Å². The third kappa shape index (κ3) is 6.22. The lowest BCUT2D eigenvalue weighted by atomic mass is 10.1. The molecule has 2 aromatic carbocycles. The van der Waals surface area contributed by atoms with E-state index in [1.165, 1.54) is 20.3 Å². The predicted molar refractivity (Wildman–Crippen MR) is 121 cm³/mol. The van der Waals surface area contributed by atoms with Gasteiger partial charge in [-0.25, -0.2) is 4.79 Å². The Bertz CT molecular complexity index is 1140. The van der Waals surface area contributed by atoms with Gasteiger partial charge in [-0.3, -0.25) is 4.79 Å². The summed E-state index contributed by atoms with van der Waals surface area (Å²) in [7, 11) is 3.05. The summed E-state index contributed by atoms with van der Waals surface area (Å²) < 4.78 is 26.5. The van der Waals surface area contributed by atoms with Crippen molar-refractivity contribution in [1.29, 1.82) is 0 Å². The van der Waals surface area contributed by atoms with E-state index in [9.17, 15) is 9.59 Å². The lowest BCUT2D eigenvalue weighted by Crippen LogP contribution is -2.12. The van der Waals surface area contributed by atoms with Crippen molar-refractivity contribution in [2.75, 3.05) is 20.8 Å². The fourth-order valence-electron chi connectivity index (χ4n) is 2.99. The van der Waals surface area contributed by atoms with E-state index < -0.39 is 5.97 Å². The Morgan fingerprint density at radius 1 is 1.03 bits per heavy atom. The maximum absolute atomic E-state index is 12.2. The van der Waals surface area contributed by atoms with Crippen LogP contribution in [0.4, 0.5) is 0 Å². The highest BCUT2D eigenvalue weighted by molar-refractivity contribution is 5.99. The van der Waals surface area contributed by atoms with E-state index in [4.69, 9.17) is 23.5 Å². The molecule has 33 heavy (non-hydrogen) atoms. The van der Waals surface area contributed by atoms with E-state index in [0.717, 1.165) is 11.3 Å². The van der Waals surface area contributed by atoms with Crippen LogP contribution in [0.2, 0.25) is 0 Å². The van der Waals surface area contributed by atoms with Crippen LogP contribution in [0.25, 0.3) is 6.08 Å². The van der Waals surface area contributed by atoms with Crippen molar-refractivity contribution < 1.29 is 33.1 Å². The topological polar surface area (TPSA) is 97.1 Å². The van der Waals surface area contributed by atoms with Gasteiger partial charge in [0.2, 0.25) is 0 Å².